The maximum atomic E-state index is 13.0. The molecule has 1 aliphatic heterocycles. The van der Waals surface area contributed by atoms with Crippen molar-refractivity contribution in [3.63, 3.8) is 0 Å². The molecule has 4 rings (SSSR count). The third-order valence-corrected chi connectivity index (χ3v) is 5.92. The second kappa shape index (κ2) is 8.17. The van der Waals surface area contributed by atoms with Crippen LogP contribution in [0.1, 0.15) is 16.9 Å². The summed E-state index contributed by atoms with van der Waals surface area (Å²) in [4.78, 5) is 38.8. The minimum Gasteiger partial charge on any atom is -0.457 e. The number of barbiturate groups is 1. The molecule has 0 atom stereocenters. The van der Waals surface area contributed by atoms with Crippen LogP contribution in [0.4, 0.5) is 10.5 Å². The Labute approximate surface area is 191 Å². The predicted molar refractivity (Wildman–Crippen MR) is 122 cm³/mol. The van der Waals surface area contributed by atoms with E-state index in [1.54, 1.807) is 36.4 Å². The highest BCUT2D eigenvalue weighted by Gasteiger charge is 2.37. The molecule has 0 unspecified atom stereocenters. The summed E-state index contributed by atoms with van der Waals surface area (Å²) in [5, 5.41) is 2.74. The number of nitrogens with zero attached hydrogens (tertiary/aromatic N) is 1. The molecule has 1 N–H and O–H groups in total. The van der Waals surface area contributed by atoms with Gasteiger partial charge in [0.05, 0.1) is 10.7 Å². The van der Waals surface area contributed by atoms with Crippen molar-refractivity contribution < 1.29 is 18.8 Å². The Morgan fingerprint density at radius 2 is 1.71 bits per heavy atom. The molecule has 8 heteroatoms. The lowest BCUT2D eigenvalue weighted by molar-refractivity contribution is -0.122. The lowest BCUT2D eigenvalue weighted by atomic mass is 10.1. The van der Waals surface area contributed by atoms with Gasteiger partial charge in [-0.25, -0.2) is 9.69 Å². The van der Waals surface area contributed by atoms with Gasteiger partial charge in [0.1, 0.15) is 17.1 Å². The Morgan fingerprint density at radius 3 is 2.39 bits per heavy atom. The largest absolute Gasteiger partial charge is 0.457 e. The van der Waals surface area contributed by atoms with Gasteiger partial charge < -0.3 is 4.42 Å². The van der Waals surface area contributed by atoms with Gasteiger partial charge in [-0.1, -0.05) is 23.7 Å². The molecule has 0 aliphatic carbocycles. The number of aryl methyl sites for hydroxylation is 2. The van der Waals surface area contributed by atoms with Crippen LogP contribution in [0.2, 0.25) is 5.02 Å². The van der Waals surface area contributed by atoms with Gasteiger partial charge >= 0.3 is 6.03 Å². The fourth-order valence-corrected chi connectivity index (χ4v) is 3.78. The normalized spacial score (nSPS) is 15.5. The number of amides is 4. The Kier molecular flexibility index (Phi) is 5.56. The zero-order valence-corrected chi connectivity index (χ0v) is 18.9. The summed E-state index contributed by atoms with van der Waals surface area (Å²) in [7, 11) is 0. The molecule has 1 saturated heterocycles. The first-order valence-electron chi connectivity index (χ1n) is 9.28. The SMILES string of the molecule is Cc1cc(C)cc(N2C(=O)NC(=O)/C(=C\c3ccc(-c4ccc(Br)c(Cl)c4)o3)C2=O)c1. The molecule has 1 fully saturated rings. The highest BCUT2D eigenvalue weighted by Crippen LogP contribution is 2.31. The van der Waals surface area contributed by atoms with Crippen molar-refractivity contribution in [3.05, 3.63) is 80.5 Å². The van der Waals surface area contributed by atoms with Gasteiger partial charge in [-0.15, -0.1) is 0 Å². The average Bonchev–Trinajstić information content (AvgIpc) is 3.15. The predicted octanol–water partition coefficient (Wildman–Crippen LogP) is 5.65. The van der Waals surface area contributed by atoms with E-state index in [2.05, 4.69) is 21.2 Å². The summed E-state index contributed by atoms with van der Waals surface area (Å²) in [6.07, 6.45) is 1.32. The lowest BCUT2D eigenvalue weighted by Gasteiger charge is -2.26. The standard InChI is InChI=1S/C23H16BrClN2O4/c1-12-7-13(2)9-15(8-12)27-22(29)17(21(28)26-23(27)30)11-16-4-6-20(31-16)14-3-5-18(24)19(25)10-14/h3-11H,1-2H3,(H,26,28,30)/b17-11+. The van der Waals surface area contributed by atoms with E-state index in [1.165, 1.54) is 6.08 Å². The molecule has 3 aromatic rings. The second-order valence-electron chi connectivity index (χ2n) is 7.13. The second-order valence-corrected chi connectivity index (χ2v) is 8.40. The van der Waals surface area contributed by atoms with E-state index in [0.717, 1.165) is 26.1 Å². The molecule has 2 heterocycles. The molecule has 4 amide bonds. The smallest absolute Gasteiger partial charge is 0.335 e. The molecule has 6 nitrogen and oxygen atoms in total. The number of carbonyl (C=O) groups is 3. The highest BCUT2D eigenvalue weighted by atomic mass is 79.9. The number of furan rings is 1. The van der Waals surface area contributed by atoms with Crippen LogP contribution in [0.3, 0.4) is 0 Å². The van der Waals surface area contributed by atoms with E-state index >= 15 is 0 Å². The van der Waals surface area contributed by atoms with Crippen molar-refractivity contribution in [2.24, 2.45) is 0 Å². The number of benzene rings is 2. The molecule has 0 radical (unpaired) electrons. The van der Waals surface area contributed by atoms with E-state index in [9.17, 15) is 14.4 Å². The van der Waals surface area contributed by atoms with Crippen LogP contribution >= 0.6 is 27.5 Å². The maximum Gasteiger partial charge on any atom is 0.335 e. The Bertz CT molecular complexity index is 1260. The number of anilines is 1. The van der Waals surface area contributed by atoms with E-state index in [4.69, 9.17) is 16.0 Å². The zero-order chi connectivity index (χ0) is 22.3. The number of rotatable bonds is 3. The van der Waals surface area contributed by atoms with Gasteiger partial charge in [0.15, 0.2) is 0 Å². The van der Waals surface area contributed by atoms with Crippen LogP contribution in [0.15, 0.2) is 63.0 Å². The summed E-state index contributed by atoms with van der Waals surface area (Å²) >= 11 is 9.48. The molecular weight excluding hydrogens is 484 g/mol. The fraction of sp³-hybridized carbons (Fsp3) is 0.0870. The van der Waals surface area contributed by atoms with Crippen molar-refractivity contribution in [3.8, 4) is 11.3 Å². The van der Waals surface area contributed by atoms with Crippen molar-refractivity contribution in [2.75, 3.05) is 4.90 Å². The first-order chi connectivity index (χ1) is 14.7. The number of halogens is 2. The lowest BCUT2D eigenvalue weighted by Crippen LogP contribution is -2.54. The van der Waals surface area contributed by atoms with E-state index < -0.39 is 17.8 Å². The summed E-state index contributed by atoms with van der Waals surface area (Å²) in [6, 6.07) is 13.3. The number of hydrogen-bond donors (Lipinski definition) is 1. The third kappa shape index (κ3) is 4.19. The number of hydrogen-bond acceptors (Lipinski definition) is 4. The van der Waals surface area contributed by atoms with E-state index in [1.807, 2.05) is 26.0 Å². The van der Waals surface area contributed by atoms with Crippen LogP contribution in [-0.2, 0) is 9.59 Å². The zero-order valence-electron chi connectivity index (χ0n) is 16.5. The Balaban J connectivity index is 1.69. The third-order valence-electron chi connectivity index (χ3n) is 4.68. The molecule has 31 heavy (non-hydrogen) atoms. The van der Waals surface area contributed by atoms with Gasteiger partial charge in [0.25, 0.3) is 11.8 Å². The van der Waals surface area contributed by atoms with E-state index in [-0.39, 0.29) is 5.57 Å². The topological polar surface area (TPSA) is 79.6 Å². The summed E-state index contributed by atoms with van der Waals surface area (Å²) < 4.78 is 6.54. The first-order valence-corrected chi connectivity index (χ1v) is 10.4. The molecular formula is C23H16BrClN2O4. The number of nitrogens with one attached hydrogen (secondary N) is 1. The first kappa shape index (κ1) is 21.1. The van der Waals surface area contributed by atoms with Crippen LogP contribution in [0.5, 0.6) is 0 Å². The maximum absolute atomic E-state index is 13.0. The Hall–Kier alpha value is -3.16. The van der Waals surface area contributed by atoms with Gasteiger partial charge in [-0.2, -0.15) is 0 Å². The highest BCUT2D eigenvalue weighted by molar-refractivity contribution is 9.10. The van der Waals surface area contributed by atoms with Crippen LogP contribution in [0.25, 0.3) is 17.4 Å². The van der Waals surface area contributed by atoms with Crippen molar-refractivity contribution in [1.29, 1.82) is 0 Å². The van der Waals surface area contributed by atoms with Crippen LogP contribution in [-0.4, -0.2) is 17.8 Å². The van der Waals surface area contributed by atoms with Crippen molar-refractivity contribution in [1.82, 2.24) is 5.32 Å². The fourth-order valence-electron chi connectivity index (χ4n) is 3.35. The molecule has 1 aliphatic rings. The van der Waals surface area contributed by atoms with Gasteiger partial charge in [-0.05, 0) is 83.4 Å². The van der Waals surface area contributed by atoms with Crippen molar-refractivity contribution in [2.45, 2.75) is 13.8 Å². The summed E-state index contributed by atoms with van der Waals surface area (Å²) in [6.45, 7) is 3.73. The van der Waals surface area contributed by atoms with Gasteiger partial charge in [0, 0.05) is 10.0 Å². The summed E-state index contributed by atoms with van der Waals surface area (Å²) in [5.41, 5.74) is 2.71. The number of carbonyl (C=O) groups excluding carboxylic acids is 3. The van der Waals surface area contributed by atoms with Crippen LogP contribution < -0.4 is 10.2 Å². The monoisotopic (exact) mass is 498 g/mol. The minimum absolute atomic E-state index is 0.200. The average molecular weight is 500 g/mol. The molecule has 2 aromatic carbocycles. The molecule has 0 spiro atoms. The molecule has 0 bridgehead atoms. The van der Waals surface area contributed by atoms with E-state index in [0.29, 0.717) is 22.2 Å². The number of urea groups is 1. The molecule has 156 valence electrons. The molecule has 0 saturated carbocycles. The minimum atomic E-state index is -0.790. The van der Waals surface area contributed by atoms with Gasteiger partial charge in [0.2, 0.25) is 0 Å². The van der Waals surface area contributed by atoms with Gasteiger partial charge in [-0.3, -0.25) is 14.9 Å². The molecule has 1 aromatic heterocycles. The van der Waals surface area contributed by atoms with Crippen LogP contribution in [0, 0.1) is 13.8 Å². The van der Waals surface area contributed by atoms with Crippen molar-refractivity contribution >= 4 is 57.1 Å². The summed E-state index contributed by atoms with van der Waals surface area (Å²) in [5.74, 6) is -0.682. The Morgan fingerprint density at radius 1 is 1.00 bits per heavy atom. The number of imide groups is 2. The quantitative estimate of drug-likeness (QED) is 0.373.